The van der Waals surface area contributed by atoms with Gasteiger partial charge in [-0.15, -0.1) is 0 Å². The Morgan fingerprint density at radius 2 is 2.14 bits per heavy atom. The van der Waals surface area contributed by atoms with Crippen molar-refractivity contribution in [2.24, 2.45) is 5.92 Å². The van der Waals surface area contributed by atoms with E-state index >= 15 is 0 Å². The van der Waals surface area contributed by atoms with Gasteiger partial charge in [-0.1, -0.05) is 13.8 Å². The lowest BCUT2D eigenvalue weighted by molar-refractivity contribution is -0.137. The molecular formula is C9H15N3O2. The number of carbonyl (C=O) groups is 2. The molecule has 0 saturated carbocycles. The lowest BCUT2D eigenvalue weighted by Gasteiger charge is -2.34. The van der Waals surface area contributed by atoms with E-state index in [1.807, 2.05) is 13.8 Å². The molecule has 1 unspecified atom stereocenters. The zero-order chi connectivity index (χ0) is 10.9. The quantitative estimate of drug-likeness (QED) is 0.352. The van der Waals surface area contributed by atoms with Gasteiger partial charge in [-0.2, -0.15) is 0 Å². The second-order valence-electron chi connectivity index (χ2n) is 3.76. The Kier molecular flexibility index (Phi) is 2.88. The normalized spacial score (nSPS) is 22.6. The first-order valence-corrected chi connectivity index (χ1v) is 4.62. The predicted molar refractivity (Wildman–Crippen MR) is 51.9 cm³/mol. The molecule has 0 spiro atoms. The van der Waals surface area contributed by atoms with Gasteiger partial charge in [0.15, 0.2) is 0 Å². The molecule has 1 aliphatic heterocycles. The fourth-order valence-corrected chi connectivity index (χ4v) is 1.34. The highest BCUT2D eigenvalue weighted by Crippen LogP contribution is 2.09. The SMILES string of the molecule is CC(C)C(=N)N1CC(=O)NC(=O)C1C. The maximum absolute atomic E-state index is 11.3. The number of nitrogens with zero attached hydrogens (tertiary/aromatic N) is 1. The summed E-state index contributed by atoms with van der Waals surface area (Å²) in [5.41, 5.74) is 0. The molecule has 0 radical (unpaired) electrons. The van der Waals surface area contributed by atoms with Crippen LogP contribution in [0.1, 0.15) is 20.8 Å². The molecule has 1 aliphatic rings. The summed E-state index contributed by atoms with van der Waals surface area (Å²) in [6.07, 6.45) is 0. The Labute approximate surface area is 83.0 Å². The van der Waals surface area contributed by atoms with Crippen molar-refractivity contribution in [3.05, 3.63) is 0 Å². The summed E-state index contributed by atoms with van der Waals surface area (Å²) < 4.78 is 0. The zero-order valence-electron chi connectivity index (χ0n) is 8.63. The molecule has 0 aliphatic carbocycles. The van der Waals surface area contributed by atoms with Crippen molar-refractivity contribution < 1.29 is 9.59 Å². The molecule has 1 atom stereocenters. The highest BCUT2D eigenvalue weighted by molar-refractivity contribution is 6.04. The third-order valence-corrected chi connectivity index (χ3v) is 2.28. The van der Waals surface area contributed by atoms with Crippen LogP contribution in [-0.4, -0.2) is 35.1 Å². The van der Waals surface area contributed by atoms with Gasteiger partial charge in [-0.05, 0) is 6.92 Å². The molecule has 2 amide bonds. The van der Waals surface area contributed by atoms with Crippen LogP contribution in [0, 0.1) is 11.3 Å². The number of amides is 2. The molecule has 0 aromatic rings. The summed E-state index contributed by atoms with van der Waals surface area (Å²) in [7, 11) is 0. The summed E-state index contributed by atoms with van der Waals surface area (Å²) >= 11 is 0. The Bertz CT molecular complexity index is 286. The lowest BCUT2D eigenvalue weighted by atomic mass is 10.1. The first-order valence-electron chi connectivity index (χ1n) is 4.62. The Morgan fingerprint density at radius 3 is 2.64 bits per heavy atom. The van der Waals surface area contributed by atoms with Crippen molar-refractivity contribution >= 4 is 17.6 Å². The summed E-state index contributed by atoms with van der Waals surface area (Å²) in [5, 5.41) is 9.98. The molecule has 1 heterocycles. The fraction of sp³-hybridized carbons (Fsp3) is 0.667. The molecule has 5 nitrogen and oxygen atoms in total. The van der Waals surface area contributed by atoms with Crippen molar-refractivity contribution in [1.29, 1.82) is 5.41 Å². The molecule has 2 N–H and O–H groups in total. The van der Waals surface area contributed by atoms with Crippen LogP contribution in [0.3, 0.4) is 0 Å². The van der Waals surface area contributed by atoms with E-state index in [0.29, 0.717) is 5.84 Å². The van der Waals surface area contributed by atoms with Gasteiger partial charge in [0.1, 0.15) is 6.04 Å². The number of hydrogen-bond donors (Lipinski definition) is 2. The predicted octanol–water partition coefficient (Wildman–Crippen LogP) is -0.0334. The highest BCUT2D eigenvalue weighted by Gasteiger charge is 2.32. The van der Waals surface area contributed by atoms with Crippen molar-refractivity contribution in [2.45, 2.75) is 26.8 Å². The van der Waals surface area contributed by atoms with Crippen LogP contribution in [0.5, 0.6) is 0 Å². The van der Waals surface area contributed by atoms with Crippen LogP contribution in [0.15, 0.2) is 0 Å². The summed E-state index contributed by atoms with van der Waals surface area (Å²) in [5.74, 6) is -0.304. The third-order valence-electron chi connectivity index (χ3n) is 2.28. The van der Waals surface area contributed by atoms with Crippen LogP contribution in [0.2, 0.25) is 0 Å². The standard InChI is InChI=1S/C9H15N3O2/c1-5(2)8(10)12-4-7(13)11-9(14)6(12)3/h5-6,10H,4H2,1-3H3,(H,11,13,14). The van der Waals surface area contributed by atoms with E-state index in [9.17, 15) is 9.59 Å². The average Bonchev–Trinajstić information content (AvgIpc) is 2.09. The number of hydrogen-bond acceptors (Lipinski definition) is 3. The van der Waals surface area contributed by atoms with Gasteiger partial charge >= 0.3 is 0 Å². The molecule has 78 valence electrons. The van der Waals surface area contributed by atoms with Gasteiger partial charge in [0.2, 0.25) is 11.8 Å². The Hall–Kier alpha value is -1.39. The minimum atomic E-state index is -0.428. The summed E-state index contributed by atoms with van der Waals surface area (Å²) in [4.78, 5) is 23.9. The number of piperazine rings is 1. The maximum Gasteiger partial charge on any atom is 0.249 e. The van der Waals surface area contributed by atoms with Crippen LogP contribution in [0.25, 0.3) is 0 Å². The highest BCUT2D eigenvalue weighted by atomic mass is 16.2. The smallest absolute Gasteiger partial charge is 0.249 e. The minimum absolute atomic E-state index is 0.0242. The van der Waals surface area contributed by atoms with E-state index in [1.165, 1.54) is 4.90 Å². The molecule has 1 saturated heterocycles. The molecule has 1 rings (SSSR count). The molecule has 1 fully saturated rings. The third kappa shape index (κ3) is 1.92. The van der Waals surface area contributed by atoms with Crippen molar-refractivity contribution in [3.8, 4) is 0 Å². The first-order chi connectivity index (χ1) is 6.43. The number of carbonyl (C=O) groups excluding carboxylic acids is 2. The van der Waals surface area contributed by atoms with Crippen LogP contribution >= 0.6 is 0 Å². The van der Waals surface area contributed by atoms with Gasteiger partial charge in [-0.25, -0.2) is 0 Å². The monoisotopic (exact) mass is 197 g/mol. The van der Waals surface area contributed by atoms with E-state index in [0.717, 1.165) is 0 Å². The van der Waals surface area contributed by atoms with Gasteiger partial charge in [0.25, 0.3) is 0 Å². The van der Waals surface area contributed by atoms with E-state index in [-0.39, 0.29) is 24.3 Å². The van der Waals surface area contributed by atoms with Crippen LogP contribution in [0.4, 0.5) is 0 Å². The number of rotatable bonds is 1. The van der Waals surface area contributed by atoms with E-state index < -0.39 is 6.04 Å². The van der Waals surface area contributed by atoms with E-state index in [1.54, 1.807) is 6.92 Å². The minimum Gasteiger partial charge on any atom is -0.339 e. The summed E-state index contributed by atoms with van der Waals surface area (Å²) in [6, 6.07) is -0.428. The van der Waals surface area contributed by atoms with E-state index in [2.05, 4.69) is 5.32 Å². The fourth-order valence-electron chi connectivity index (χ4n) is 1.34. The number of imide groups is 1. The van der Waals surface area contributed by atoms with Gasteiger partial charge in [-0.3, -0.25) is 20.3 Å². The van der Waals surface area contributed by atoms with E-state index in [4.69, 9.17) is 5.41 Å². The maximum atomic E-state index is 11.3. The van der Waals surface area contributed by atoms with Crippen molar-refractivity contribution in [3.63, 3.8) is 0 Å². The first kappa shape index (κ1) is 10.7. The van der Waals surface area contributed by atoms with Crippen molar-refractivity contribution in [2.75, 3.05) is 6.54 Å². The lowest BCUT2D eigenvalue weighted by Crippen LogP contribution is -2.59. The molecule has 0 bridgehead atoms. The van der Waals surface area contributed by atoms with Gasteiger partial charge in [0, 0.05) is 5.92 Å². The van der Waals surface area contributed by atoms with Crippen LogP contribution in [-0.2, 0) is 9.59 Å². The Morgan fingerprint density at radius 1 is 1.57 bits per heavy atom. The molecule has 0 aromatic carbocycles. The number of nitrogens with one attached hydrogen (secondary N) is 2. The topological polar surface area (TPSA) is 73.3 Å². The molecule has 0 aromatic heterocycles. The molecule has 5 heteroatoms. The van der Waals surface area contributed by atoms with Crippen LogP contribution < -0.4 is 5.32 Å². The zero-order valence-corrected chi connectivity index (χ0v) is 8.63. The van der Waals surface area contributed by atoms with Gasteiger partial charge < -0.3 is 4.90 Å². The molecule has 14 heavy (non-hydrogen) atoms. The summed E-state index contributed by atoms with van der Waals surface area (Å²) in [6.45, 7) is 5.53. The van der Waals surface area contributed by atoms with Crippen molar-refractivity contribution in [1.82, 2.24) is 10.2 Å². The Balaban J connectivity index is 2.81. The molecular weight excluding hydrogens is 182 g/mol. The second kappa shape index (κ2) is 3.77. The largest absolute Gasteiger partial charge is 0.339 e. The second-order valence-corrected chi connectivity index (χ2v) is 3.76. The van der Waals surface area contributed by atoms with Gasteiger partial charge in [0.05, 0.1) is 12.4 Å². The number of amidine groups is 1. The average molecular weight is 197 g/mol.